The van der Waals surface area contributed by atoms with E-state index >= 15 is 0 Å². The third kappa shape index (κ3) is 4.22. The zero-order chi connectivity index (χ0) is 13.5. The van der Waals surface area contributed by atoms with Crippen LogP contribution in [0, 0.1) is 0 Å². The van der Waals surface area contributed by atoms with Gasteiger partial charge in [0.1, 0.15) is 0 Å². The van der Waals surface area contributed by atoms with Crippen LogP contribution in [-0.4, -0.2) is 16.7 Å². The van der Waals surface area contributed by atoms with Crippen LogP contribution in [0.3, 0.4) is 0 Å². The number of benzene rings is 1. The zero-order valence-corrected chi connectivity index (χ0v) is 11.4. The lowest BCUT2D eigenvalue weighted by Crippen LogP contribution is -1.98. The fourth-order valence-electron chi connectivity index (χ4n) is 1.68. The fourth-order valence-corrected chi connectivity index (χ4v) is 1.86. The van der Waals surface area contributed by atoms with Gasteiger partial charge in [-0.25, -0.2) is 0 Å². The van der Waals surface area contributed by atoms with E-state index in [1.165, 1.54) is 0 Å². The maximum Gasteiger partial charge on any atom is 0.320 e. The first kappa shape index (κ1) is 13.8. The first-order valence-electron chi connectivity index (χ1n) is 6.33. The number of unbranched alkanes of at least 4 members (excludes halogenated alkanes) is 2. The maximum absolute atomic E-state index is 6.04. The molecule has 102 valence electrons. The van der Waals surface area contributed by atoms with Crippen molar-refractivity contribution in [1.82, 2.24) is 10.2 Å². The quantitative estimate of drug-likeness (QED) is 0.762. The van der Waals surface area contributed by atoms with Crippen LogP contribution >= 0.6 is 11.6 Å². The molecule has 0 radical (unpaired) electrons. The van der Waals surface area contributed by atoms with Gasteiger partial charge in [0.05, 0.1) is 10.7 Å². The highest BCUT2D eigenvalue weighted by atomic mass is 35.5. The van der Waals surface area contributed by atoms with Crippen molar-refractivity contribution in [1.29, 1.82) is 0 Å². The maximum atomic E-state index is 6.04. The Hall–Kier alpha value is -1.59. The number of nitrogens with zero attached hydrogens (tertiary/aromatic N) is 2. The normalized spacial score (nSPS) is 10.6. The molecule has 1 aromatic heterocycles. The van der Waals surface area contributed by atoms with Crippen molar-refractivity contribution >= 4 is 23.3 Å². The minimum atomic E-state index is 0.363. The number of halogens is 1. The molecule has 3 N–H and O–H groups in total. The van der Waals surface area contributed by atoms with Crippen LogP contribution in [-0.2, 0) is 6.42 Å². The molecule has 0 aliphatic carbocycles. The van der Waals surface area contributed by atoms with Crippen molar-refractivity contribution in [2.24, 2.45) is 5.73 Å². The largest absolute Gasteiger partial charge is 0.408 e. The Bertz CT molecular complexity index is 515. The molecule has 0 saturated heterocycles. The number of anilines is 2. The van der Waals surface area contributed by atoms with Gasteiger partial charge in [0.15, 0.2) is 0 Å². The SMILES string of the molecule is NCCCCCc1nnc(Nc2ccccc2Cl)o1. The number of rotatable bonds is 7. The summed E-state index contributed by atoms with van der Waals surface area (Å²) in [6, 6.07) is 7.77. The van der Waals surface area contributed by atoms with Crippen LogP contribution < -0.4 is 11.1 Å². The average molecular weight is 281 g/mol. The molecule has 0 saturated carbocycles. The highest BCUT2D eigenvalue weighted by Gasteiger charge is 2.07. The molecule has 0 atom stereocenters. The summed E-state index contributed by atoms with van der Waals surface area (Å²) in [6.45, 7) is 0.725. The molecule has 19 heavy (non-hydrogen) atoms. The molecule has 0 amide bonds. The van der Waals surface area contributed by atoms with Gasteiger partial charge in [-0.15, -0.1) is 5.10 Å². The second-order valence-electron chi connectivity index (χ2n) is 4.21. The van der Waals surface area contributed by atoms with Crippen LogP contribution in [0.5, 0.6) is 0 Å². The lowest BCUT2D eigenvalue weighted by molar-refractivity contribution is 0.493. The predicted octanol–water partition coefficient (Wildman–Crippen LogP) is 3.14. The average Bonchev–Trinajstić information content (AvgIpc) is 2.85. The molecule has 1 heterocycles. The molecule has 2 aromatic rings. The van der Waals surface area contributed by atoms with Crippen molar-refractivity contribution in [3.8, 4) is 0 Å². The van der Waals surface area contributed by atoms with Crippen molar-refractivity contribution in [3.05, 3.63) is 35.2 Å². The van der Waals surface area contributed by atoms with Crippen LogP contribution in [0.15, 0.2) is 28.7 Å². The number of nitrogens with two attached hydrogens (primary N) is 1. The summed E-state index contributed by atoms with van der Waals surface area (Å²) in [5.41, 5.74) is 6.19. The van der Waals surface area contributed by atoms with E-state index in [1.807, 2.05) is 18.2 Å². The summed E-state index contributed by atoms with van der Waals surface area (Å²) >= 11 is 6.04. The van der Waals surface area contributed by atoms with Gasteiger partial charge in [-0.3, -0.25) is 0 Å². The van der Waals surface area contributed by atoms with Gasteiger partial charge in [0, 0.05) is 6.42 Å². The molecular formula is C13H17ClN4O. The molecule has 2 rings (SSSR count). The Balaban J connectivity index is 1.89. The van der Waals surface area contributed by atoms with Gasteiger partial charge in [-0.1, -0.05) is 35.3 Å². The van der Waals surface area contributed by atoms with E-state index in [0.717, 1.165) is 37.9 Å². The Morgan fingerprint density at radius 3 is 2.79 bits per heavy atom. The third-order valence-corrected chi connectivity index (χ3v) is 3.01. The molecule has 0 fully saturated rings. The van der Waals surface area contributed by atoms with E-state index in [1.54, 1.807) is 6.07 Å². The van der Waals surface area contributed by atoms with Crippen LogP contribution in [0.25, 0.3) is 0 Å². The summed E-state index contributed by atoms with van der Waals surface area (Å²) in [6.07, 6.45) is 3.88. The van der Waals surface area contributed by atoms with Gasteiger partial charge in [0.2, 0.25) is 5.89 Å². The molecule has 6 heteroatoms. The van der Waals surface area contributed by atoms with Crippen molar-refractivity contribution in [3.63, 3.8) is 0 Å². The van der Waals surface area contributed by atoms with E-state index in [2.05, 4.69) is 15.5 Å². The first-order valence-corrected chi connectivity index (χ1v) is 6.71. The zero-order valence-electron chi connectivity index (χ0n) is 10.6. The van der Waals surface area contributed by atoms with Gasteiger partial charge in [-0.2, -0.15) is 0 Å². The lowest BCUT2D eigenvalue weighted by atomic mass is 10.2. The van der Waals surface area contributed by atoms with E-state index in [4.69, 9.17) is 21.8 Å². The highest BCUT2D eigenvalue weighted by molar-refractivity contribution is 6.33. The summed E-state index contributed by atoms with van der Waals surface area (Å²) in [5.74, 6) is 0.631. The van der Waals surface area contributed by atoms with Crippen LogP contribution in [0.2, 0.25) is 5.02 Å². The van der Waals surface area contributed by atoms with Crippen molar-refractivity contribution < 1.29 is 4.42 Å². The molecule has 0 spiro atoms. The first-order chi connectivity index (χ1) is 9.29. The standard InChI is InChI=1S/C13H17ClN4O/c14-10-6-3-4-7-11(10)16-13-18-17-12(19-13)8-2-1-5-9-15/h3-4,6-7H,1-2,5,8-9,15H2,(H,16,18). The lowest BCUT2D eigenvalue weighted by Gasteiger charge is -2.02. The van der Waals surface area contributed by atoms with E-state index in [9.17, 15) is 0 Å². The smallest absolute Gasteiger partial charge is 0.320 e. The Morgan fingerprint density at radius 2 is 2.00 bits per heavy atom. The number of aryl methyl sites for hydroxylation is 1. The molecular weight excluding hydrogens is 264 g/mol. The van der Waals surface area contributed by atoms with Gasteiger partial charge < -0.3 is 15.5 Å². The topological polar surface area (TPSA) is 77.0 Å². The summed E-state index contributed by atoms with van der Waals surface area (Å²) in [4.78, 5) is 0. The van der Waals surface area contributed by atoms with Crippen molar-refractivity contribution in [2.45, 2.75) is 25.7 Å². The van der Waals surface area contributed by atoms with Crippen molar-refractivity contribution in [2.75, 3.05) is 11.9 Å². The Morgan fingerprint density at radius 1 is 1.16 bits per heavy atom. The van der Waals surface area contributed by atoms with Gasteiger partial charge in [-0.05, 0) is 31.5 Å². The second-order valence-corrected chi connectivity index (χ2v) is 4.61. The summed E-state index contributed by atoms with van der Waals surface area (Å²) < 4.78 is 5.50. The summed E-state index contributed by atoms with van der Waals surface area (Å²) in [5, 5.41) is 11.5. The number of para-hydroxylation sites is 1. The molecule has 1 aromatic carbocycles. The third-order valence-electron chi connectivity index (χ3n) is 2.68. The summed E-state index contributed by atoms with van der Waals surface area (Å²) in [7, 11) is 0. The van der Waals surface area contributed by atoms with E-state index in [0.29, 0.717) is 16.9 Å². The number of nitrogens with one attached hydrogen (secondary N) is 1. The Kier molecular flexibility index (Phi) is 5.18. The molecule has 5 nitrogen and oxygen atoms in total. The molecule has 0 aliphatic heterocycles. The predicted molar refractivity (Wildman–Crippen MR) is 75.6 cm³/mol. The minimum Gasteiger partial charge on any atom is -0.408 e. The minimum absolute atomic E-state index is 0.363. The van der Waals surface area contributed by atoms with Crippen LogP contribution in [0.1, 0.15) is 25.2 Å². The van der Waals surface area contributed by atoms with E-state index in [-0.39, 0.29) is 0 Å². The monoisotopic (exact) mass is 280 g/mol. The number of hydrogen-bond acceptors (Lipinski definition) is 5. The van der Waals surface area contributed by atoms with Gasteiger partial charge in [0.25, 0.3) is 0 Å². The van der Waals surface area contributed by atoms with Gasteiger partial charge >= 0.3 is 6.01 Å². The number of hydrogen-bond donors (Lipinski definition) is 2. The molecule has 0 aliphatic rings. The van der Waals surface area contributed by atoms with E-state index < -0.39 is 0 Å². The fraction of sp³-hybridized carbons (Fsp3) is 0.385. The Labute approximate surface area is 117 Å². The molecule has 0 unspecified atom stereocenters. The number of aromatic nitrogens is 2. The van der Waals surface area contributed by atoms with Crippen LogP contribution in [0.4, 0.5) is 11.7 Å². The molecule has 0 bridgehead atoms. The second kappa shape index (κ2) is 7.11. The highest BCUT2D eigenvalue weighted by Crippen LogP contribution is 2.24.